The van der Waals surface area contributed by atoms with Crippen molar-refractivity contribution in [2.45, 2.75) is 24.1 Å². The number of hydrogen-bond donors (Lipinski definition) is 1. The van der Waals surface area contributed by atoms with E-state index < -0.39 is 0 Å². The summed E-state index contributed by atoms with van der Waals surface area (Å²) in [5.74, 6) is 0.914. The van der Waals surface area contributed by atoms with E-state index in [9.17, 15) is 4.79 Å². The summed E-state index contributed by atoms with van der Waals surface area (Å²) in [4.78, 5) is 11.6. The number of benzene rings is 1. The van der Waals surface area contributed by atoms with Crippen LogP contribution in [0.1, 0.15) is 18.4 Å². The number of rotatable bonds is 8. The average Bonchev–Trinajstić information content (AvgIpc) is 2.45. The number of alkyl halides is 2. The molecule has 1 aromatic carbocycles. The highest BCUT2D eigenvalue weighted by Gasteiger charge is 2.13. The van der Waals surface area contributed by atoms with Crippen molar-refractivity contribution in [3.63, 3.8) is 0 Å². The van der Waals surface area contributed by atoms with Crippen molar-refractivity contribution < 1.29 is 9.53 Å². The Morgan fingerprint density at radius 3 is 2.63 bits per heavy atom. The molecule has 0 saturated carbocycles. The van der Waals surface area contributed by atoms with Crippen LogP contribution in [0.25, 0.3) is 0 Å². The molecule has 1 amide bonds. The van der Waals surface area contributed by atoms with E-state index >= 15 is 0 Å². The molecular formula is C14H19Br2NO2. The lowest BCUT2D eigenvalue weighted by molar-refractivity contribution is -0.120. The van der Waals surface area contributed by atoms with E-state index in [2.05, 4.69) is 37.2 Å². The van der Waals surface area contributed by atoms with Gasteiger partial charge in [0.15, 0.2) is 0 Å². The van der Waals surface area contributed by atoms with Gasteiger partial charge in [0.05, 0.1) is 11.9 Å². The van der Waals surface area contributed by atoms with Crippen LogP contribution in [0, 0.1) is 0 Å². The largest absolute Gasteiger partial charge is 0.497 e. The van der Waals surface area contributed by atoms with Gasteiger partial charge in [-0.3, -0.25) is 4.79 Å². The topological polar surface area (TPSA) is 38.3 Å². The lowest BCUT2D eigenvalue weighted by atomic mass is 10.1. The number of carbonyl (C=O) groups is 1. The number of nitrogens with one attached hydrogen (secondary N) is 1. The number of carbonyl (C=O) groups excluding carboxylic acids is 1. The first kappa shape index (κ1) is 16.5. The van der Waals surface area contributed by atoms with Crippen molar-refractivity contribution in [1.29, 1.82) is 0 Å². The van der Waals surface area contributed by atoms with Gasteiger partial charge in [0.25, 0.3) is 0 Å². The summed E-state index contributed by atoms with van der Waals surface area (Å²) in [5.41, 5.74) is 1.19. The van der Waals surface area contributed by atoms with Crippen LogP contribution >= 0.6 is 31.9 Å². The summed E-state index contributed by atoms with van der Waals surface area (Å²) in [7, 11) is 1.65. The molecule has 19 heavy (non-hydrogen) atoms. The minimum Gasteiger partial charge on any atom is -0.497 e. The maximum atomic E-state index is 11.7. The highest BCUT2D eigenvalue weighted by molar-refractivity contribution is 9.10. The molecule has 0 aromatic heterocycles. The van der Waals surface area contributed by atoms with Crippen molar-refractivity contribution in [3.05, 3.63) is 29.8 Å². The van der Waals surface area contributed by atoms with Crippen LogP contribution in [0.4, 0.5) is 0 Å². The van der Waals surface area contributed by atoms with Crippen LogP contribution in [0.3, 0.4) is 0 Å². The number of amides is 1. The first-order valence-electron chi connectivity index (χ1n) is 6.28. The van der Waals surface area contributed by atoms with Gasteiger partial charge < -0.3 is 10.1 Å². The van der Waals surface area contributed by atoms with Gasteiger partial charge in [0.1, 0.15) is 5.75 Å². The summed E-state index contributed by atoms with van der Waals surface area (Å²) in [6.45, 7) is 0.654. The van der Waals surface area contributed by atoms with Gasteiger partial charge in [-0.1, -0.05) is 44.0 Å². The molecule has 5 heteroatoms. The predicted octanol–water partition coefficient (Wildman–Crippen LogP) is 3.29. The van der Waals surface area contributed by atoms with E-state index in [4.69, 9.17) is 4.74 Å². The Morgan fingerprint density at radius 1 is 1.37 bits per heavy atom. The fourth-order valence-corrected chi connectivity index (χ4v) is 2.43. The Labute approximate surface area is 131 Å². The quantitative estimate of drug-likeness (QED) is 0.689. The summed E-state index contributed by atoms with van der Waals surface area (Å²) in [6, 6.07) is 7.89. The Bertz CT molecular complexity index is 382. The molecule has 0 saturated heterocycles. The molecule has 1 rings (SSSR count). The fraction of sp³-hybridized carbons (Fsp3) is 0.500. The van der Waals surface area contributed by atoms with Gasteiger partial charge in [-0.05, 0) is 37.0 Å². The molecule has 1 atom stereocenters. The van der Waals surface area contributed by atoms with E-state index in [1.807, 2.05) is 24.3 Å². The van der Waals surface area contributed by atoms with Gasteiger partial charge >= 0.3 is 0 Å². The number of halogens is 2. The SMILES string of the molecule is COc1ccc(CCNC(=O)C(Br)CCCBr)cc1. The molecule has 0 radical (unpaired) electrons. The molecule has 0 spiro atoms. The van der Waals surface area contributed by atoms with E-state index in [0.717, 1.165) is 30.3 Å². The maximum absolute atomic E-state index is 11.7. The predicted molar refractivity (Wildman–Crippen MR) is 85.5 cm³/mol. The molecule has 0 heterocycles. The average molecular weight is 393 g/mol. The molecule has 0 aliphatic rings. The Hall–Kier alpha value is -0.550. The van der Waals surface area contributed by atoms with Crippen molar-refractivity contribution in [2.24, 2.45) is 0 Å². The molecule has 1 aromatic rings. The van der Waals surface area contributed by atoms with Crippen LogP contribution in [-0.4, -0.2) is 29.7 Å². The second-order valence-electron chi connectivity index (χ2n) is 4.19. The summed E-state index contributed by atoms with van der Waals surface area (Å²) in [5, 5.41) is 3.86. The minimum absolute atomic E-state index is 0.0643. The molecule has 0 bridgehead atoms. The Morgan fingerprint density at radius 2 is 2.05 bits per heavy atom. The molecule has 0 aliphatic carbocycles. The monoisotopic (exact) mass is 391 g/mol. The van der Waals surface area contributed by atoms with Gasteiger partial charge in [-0.2, -0.15) is 0 Å². The molecular weight excluding hydrogens is 374 g/mol. The van der Waals surface area contributed by atoms with Crippen LogP contribution in [-0.2, 0) is 11.2 Å². The third kappa shape index (κ3) is 6.43. The zero-order valence-electron chi connectivity index (χ0n) is 11.0. The third-order valence-electron chi connectivity index (χ3n) is 2.75. The summed E-state index contributed by atoms with van der Waals surface area (Å²) >= 11 is 6.76. The van der Waals surface area contributed by atoms with E-state index in [0.29, 0.717) is 6.54 Å². The number of hydrogen-bond acceptors (Lipinski definition) is 2. The Balaban J connectivity index is 2.27. The third-order valence-corrected chi connectivity index (χ3v) is 4.18. The second kappa shape index (κ2) is 9.37. The highest BCUT2D eigenvalue weighted by atomic mass is 79.9. The first-order valence-corrected chi connectivity index (χ1v) is 8.31. The van der Waals surface area contributed by atoms with Crippen LogP contribution in [0.2, 0.25) is 0 Å². The van der Waals surface area contributed by atoms with E-state index in [1.54, 1.807) is 7.11 Å². The summed E-state index contributed by atoms with van der Waals surface area (Å²) in [6.07, 6.45) is 2.66. The van der Waals surface area contributed by atoms with E-state index in [-0.39, 0.29) is 10.7 Å². The van der Waals surface area contributed by atoms with E-state index in [1.165, 1.54) is 5.56 Å². The van der Waals surface area contributed by atoms with Crippen molar-refractivity contribution >= 4 is 37.8 Å². The molecule has 1 N–H and O–H groups in total. The fourth-order valence-electron chi connectivity index (χ4n) is 1.62. The minimum atomic E-state index is -0.0964. The lowest BCUT2D eigenvalue weighted by Crippen LogP contribution is -2.32. The second-order valence-corrected chi connectivity index (χ2v) is 6.09. The highest BCUT2D eigenvalue weighted by Crippen LogP contribution is 2.12. The Kier molecular flexibility index (Phi) is 8.14. The lowest BCUT2D eigenvalue weighted by Gasteiger charge is -2.10. The van der Waals surface area contributed by atoms with Crippen LogP contribution < -0.4 is 10.1 Å². The number of methoxy groups -OCH3 is 1. The van der Waals surface area contributed by atoms with Crippen molar-refractivity contribution in [3.8, 4) is 5.75 Å². The van der Waals surface area contributed by atoms with Gasteiger partial charge in [-0.25, -0.2) is 0 Å². The zero-order chi connectivity index (χ0) is 14.1. The molecule has 0 aliphatic heterocycles. The first-order chi connectivity index (χ1) is 9.17. The van der Waals surface area contributed by atoms with Crippen LogP contribution in [0.5, 0.6) is 5.75 Å². The maximum Gasteiger partial charge on any atom is 0.233 e. The standard InChI is InChI=1S/C14H19Br2NO2/c1-19-12-6-4-11(5-7-12)8-10-17-14(18)13(16)3-2-9-15/h4-7,13H,2-3,8-10H2,1H3,(H,17,18). The van der Waals surface area contributed by atoms with Gasteiger partial charge in [0.2, 0.25) is 5.91 Å². The van der Waals surface area contributed by atoms with Crippen molar-refractivity contribution in [1.82, 2.24) is 5.32 Å². The van der Waals surface area contributed by atoms with Crippen LogP contribution in [0.15, 0.2) is 24.3 Å². The molecule has 0 fully saturated rings. The van der Waals surface area contributed by atoms with Crippen molar-refractivity contribution in [2.75, 3.05) is 19.0 Å². The zero-order valence-corrected chi connectivity index (χ0v) is 14.2. The smallest absolute Gasteiger partial charge is 0.233 e. The number of ether oxygens (including phenoxy) is 1. The molecule has 3 nitrogen and oxygen atoms in total. The van der Waals surface area contributed by atoms with Gasteiger partial charge in [-0.15, -0.1) is 0 Å². The molecule has 1 unspecified atom stereocenters. The normalized spacial score (nSPS) is 11.9. The van der Waals surface area contributed by atoms with Gasteiger partial charge in [0, 0.05) is 11.9 Å². The summed E-state index contributed by atoms with van der Waals surface area (Å²) < 4.78 is 5.10. The molecule has 106 valence electrons.